The van der Waals surface area contributed by atoms with Gasteiger partial charge in [-0.05, 0) is 219 Å². The van der Waals surface area contributed by atoms with E-state index in [9.17, 15) is 0 Å². The summed E-state index contributed by atoms with van der Waals surface area (Å²) >= 11 is 2.11. The maximum absolute atomic E-state index is 2.87. The Kier molecular flexibility index (Phi) is 9.82. The number of anilines is 8. The number of thiophene rings is 1. The van der Waals surface area contributed by atoms with Gasteiger partial charge in [-0.1, -0.05) is 152 Å². The van der Waals surface area contributed by atoms with Crippen LogP contribution < -0.4 is 30.4 Å². The van der Waals surface area contributed by atoms with Gasteiger partial charge in [0.15, 0.2) is 0 Å². The molecule has 400 valence electrons. The van der Waals surface area contributed by atoms with E-state index in [0.29, 0.717) is 0 Å². The largest absolute Gasteiger partial charge is 0.334 e. The zero-order valence-corrected chi connectivity index (χ0v) is 50.7. The summed E-state index contributed by atoms with van der Waals surface area (Å²) in [6.07, 6.45) is 13.5. The van der Waals surface area contributed by atoms with Crippen LogP contribution in [0, 0.1) is 0 Å². The Hall–Kier alpha value is -5.26. The molecule has 0 amide bonds. The van der Waals surface area contributed by atoms with Crippen LogP contribution in [-0.4, -0.2) is 12.3 Å². The molecule has 4 atom stereocenters. The van der Waals surface area contributed by atoms with E-state index < -0.39 is 0 Å². The van der Waals surface area contributed by atoms with Crippen molar-refractivity contribution in [1.29, 1.82) is 0 Å². The van der Waals surface area contributed by atoms with E-state index in [0.717, 1.165) is 6.42 Å². The fourth-order valence-electron chi connectivity index (χ4n) is 18.2. The second-order valence-electron chi connectivity index (χ2n) is 31.2. The zero-order chi connectivity index (χ0) is 54.4. The predicted molar refractivity (Wildman–Crippen MR) is 336 cm³/mol. The number of hydrogen-bond donors (Lipinski definition) is 0. The molecule has 8 aliphatic rings. The summed E-state index contributed by atoms with van der Waals surface area (Å²) in [6.45, 7) is 37.6. The number of rotatable bonds is 3. The zero-order valence-electron chi connectivity index (χ0n) is 49.9. The summed E-state index contributed by atoms with van der Waals surface area (Å²) in [5, 5.41) is 1.44. The molecule has 5 heteroatoms. The Morgan fingerprint density at radius 3 is 1.71 bits per heavy atom. The van der Waals surface area contributed by atoms with Crippen LogP contribution in [0.3, 0.4) is 0 Å². The molecular formula is C73H84BN3S. The summed E-state index contributed by atoms with van der Waals surface area (Å²) in [5.74, 6) is 0. The number of para-hydroxylation sites is 1. The van der Waals surface area contributed by atoms with E-state index in [-0.39, 0.29) is 55.6 Å². The van der Waals surface area contributed by atoms with Crippen LogP contribution in [-0.2, 0) is 43.3 Å². The first-order chi connectivity index (χ1) is 36.7. The summed E-state index contributed by atoms with van der Waals surface area (Å²) in [7, 11) is 0. The lowest BCUT2D eigenvalue weighted by atomic mass is 9.35. The van der Waals surface area contributed by atoms with E-state index in [1.165, 1.54) is 163 Å². The molecule has 0 N–H and O–H groups in total. The van der Waals surface area contributed by atoms with Crippen LogP contribution in [0.1, 0.15) is 219 Å². The summed E-state index contributed by atoms with van der Waals surface area (Å²) < 4.78 is 2.95. The lowest BCUT2D eigenvalue weighted by Crippen LogP contribution is -2.61. The molecule has 0 saturated heterocycles. The third kappa shape index (κ3) is 6.41. The van der Waals surface area contributed by atoms with Crippen LogP contribution in [0.4, 0.5) is 45.5 Å². The minimum atomic E-state index is -0.109. The normalized spacial score (nSPS) is 27.9. The van der Waals surface area contributed by atoms with Crippen LogP contribution in [0.2, 0.25) is 0 Å². The lowest BCUT2D eigenvalue weighted by Gasteiger charge is -2.51. The van der Waals surface area contributed by atoms with Gasteiger partial charge >= 0.3 is 0 Å². The molecule has 2 bridgehead atoms. The predicted octanol–water partition coefficient (Wildman–Crippen LogP) is 18.4. The first-order valence-corrected chi connectivity index (χ1v) is 31.2. The van der Waals surface area contributed by atoms with Gasteiger partial charge in [-0.25, -0.2) is 0 Å². The molecule has 3 aliphatic heterocycles. The Balaban J connectivity index is 1.10. The molecule has 2 saturated carbocycles. The molecule has 4 heterocycles. The van der Waals surface area contributed by atoms with Crippen molar-refractivity contribution < 1.29 is 0 Å². The molecule has 2 fully saturated rings. The highest BCUT2D eigenvalue weighted by atomic mass is 32.1. The average Bonchev–Trinajstić information content (AvgIpc) is 3.00. The number of benzene rings is 6. The van der Waals surface area contributed by atoms with E-state index in [4.69, 9.17) is 0 Å². The van der Waals surface area contributed by atoms with Crippen molar-refractivity contribution in [3.63, 3.8) is 0 Å². The monoisotopic (exact) mass is 1050 g/mol. The fraction of sp³-hybridized carbons (Fsp3) is 0.479. The highest BCUT2D eigenvalue weighted by Gasteiger charge is 2.59. The Morgan fingerprint density at radius 1 is 0.462 bits per heavy atom. The van der Waals surface area contributed by atoms with Gasteiger partial charge < -0.3 is 14.7 Å². The molecule has 6 aromatic carbocycles. The molecule has 0 spiro atoms. The highest BCUT2D eigenvalue weighted by Crippen LogP contribution is 2.64. The van der Waals surface area contributed by atoms with Crippen LogP contribution in [0.15, 0.2) is 103 Å². The molecule has 0 radical (unpaired) electrons. The minimum Gasteiger partial charge on any atom is -0.334 e. The number of hydrogen-bond acceptors (Lipinski definition) is 4. The van der Waals surface area contributed by atoms with E-state index >= 15 is 0 Å². The molecule has 15 rings (SSSR count). The van der Waals surface area contributed by atoms with Gasteiger partial charge in [0, 0.05) is 60.1 Å². The van der Waals surface area contributed by atoms with E-state index in [1.54, 1.807) is 16.7 Å². The van der Waals surface area contributed by atoms with E-state index in [2.05, 4.69) is 233 Å². The standard InChI is InChI=1S/C73H84BN3S/c1-65(2,3)44-22-24-45(25-23-44)76-60-38-47(77-57-21-17-16-20-50(57)72(14)28-18-19-29-73(72,77)15)37-59-62(60)74(64-63(76)48-39-54-55(42-61(48)78-64)71(13)35-34-70(54,12)43-71)56-40-52-53(69(10,11)33-32-68(52,8)9)41-58(56)75(59)46-26-27-49-51(36-46)67(6,7)31-30-66(49,4)5/h16-17,20-27,36-42H,18-19,28-35,43H2,1-15H3. The Morgan fingerprint density at radius 2 is 1.04 bits per heavy atom. The van der Waals surface area contributed by atoms with Crippen molar-refractivity contribution in [2.75, 3.05) is 14.7 Å². The highest BCUT2D eigenvalue weighted by molar-refractivity contribution is 7.33. The van der Waals surface area contributed by atoms with Gasteiger partial charge in [0.25, 0.3) is 6.71 Å². The topological polar surface area (TPSA) is 9.72 Å². The molecule has 4 unspecified atom stereocenters. The molecule has 1 aromatic heterocycles. The van der Waals surface area contributed by atoms with Gasteiger partial charge in [0.2, 0.25) is 0 Å². The average molecular weight is 1050 g/mol. The second-order valence-corrected chi connectivity index (χ2v) is 32.3. The quantitative estimate of drug-likeness (QED) is 0.163. The first-order valence-electron chi connectivity index (χ1n) is 30.4. The smallest absolute Gasteiger partial charge is 0.264 e. The molecule has 78 heavy (non-hydrogen) atoms. The lowest BCUT2D eigenvalue weighted by molar-refractivity contribution is 0.195. The maximum Gasteiger partial charge on any atom is 0.264 e. The van der Waals surface area contributed by atoms with Crippen molar-refractivity contribution >= 4 is 89.3 Å². The molecule has 7 aromatic rings. The third-order valence-corrected chi connectivity index (χ3v) is 24.6. The van der Waals surface area contributed by atoms with E-state index in [1.807, 2.05) is 0 Å². The second kappa shape index (κ2) is 15.4. The van der Waals surface area contributed by atoms with Crippen molar-refractivity contribution in [2.24, 2.45) is 0 Å². The number of nitrogens with zero attached hydrogens (tertiary/aromatic N) is 3. The van der Waals surface area contributed by atoms with Gasteiger partial charge in [-0.2, -0.15) is 0 Å². The Labute approximate surface area is 472 Å². The van der Waals surface area contributed by atoms with Crippen molar-refractivity contribution in [3.8, 4) is 0 Å². The van der Waals surface area contributed by atoms with Crippen LogP contribution in [0.5, 0.6) is 0 Å². The summed E-state index contributed by atoms with van der Waals surface area (Å²) in [6, 6.07) is 43.4. The van der Waals surface area contributed by atoms with Gasteiger partial charge in [0.1, 0.15) is 0 Å². The van der Waals surface area contributed by atoms with Crippen LogP contribution in [0.25, 0.3) is 10.1 Å². The first kappa shape index (κ1) is 49.8. The van der Waals surface area contributed by atoms with Crippen LogP contribution >= 0.6 is 11.3 Å². The third-order valence-electron chi connectivity index (χ3n) is 23.4. The number of fused-ring (bicyclic) bond motifs is 16. The Bertz CT molecular complexity index is 3770. The SMILES string of the molecule is CC(C)(C)c1ccc(N2c3cc(N4c5ccccc5C5(C)CCCCC45C)cc4c3B(c3cc5c(cc3N4c3ccc4c(c3)C(C)(C)CCC4(C)C)C(C)(C)CCC5(C)C)c3sc4cc5c(cc4c32)C2(C)CCC5(C)C2)cc1. The van der Waals surface area contributed by atoms with Gasteiger partial charge in [-0.3, -0.25) is 0 Å². The van der Waals surface area contributed by atoms with Crippen molar-refractivity contribution in [1.82, 2.24) is 0 Å². The molecule has 3 nitrogen and oxygen atoms in total. The summed E-state index contributed by atoms with van der Waals surface area (Å²) in [5.41, 5.74) is 26.5. The molecule has 5 aliphatic carbocycles. The summed E-state index contributed by atoms with van der Waals surface area (Å²) in [4.78, 5) is 8.47. The van der Waals surface area contributed by atoms with Gasteiger partial charge in [-0.15, -0.1) is 11.3 Å². The van der Waals surface area contributed by atoms with Gasteiger partial charge in [0.05, 0.1) is 11.2 Å². The van der Waals surface area contributed by atoms with Crippen molar-refractivity contribution in [2.45, 2.75) is 223 Å². The fourth-order valence-corrected chi connectivity index (χ4v) is 19.6. The minimum absolute atomic E-state index is 0.0177. The maximum atomic E-state index is 2.87. The van der Waals surface area contributed by atoms with Crippen molar-refractivity contribution in [3.05, 3.63) is 148 Å². The molecular weight excluding hydrogens is 962 g/mol.